The fraction of sp³-hybridized carbons (Fsp3) is 0.600. The first kappa shape index (κ1) is 15.5. The fourth-order valence-electron chi connectivity index (χ4n) is 2.34. The van der Waals surface area contributed by atoms with E-state index < -0.39 is 0 Å². The normalized spacial score (nSPS) is 11.8. The monoisotopic (exact) mass is 271 g/mol. The molecule has 0 bridgehead atoms. The summed E-state index contributed by atoms with van der Waals surface area (Å²) in [5, 5.41) is 3.85. The predicted molar refractivity (Wildman–Crippen MR) is 76.3 cm³/mol. The predicted octanol–water partition coefficient (Wildman–Crippen LogP) is 4.50. The van der Waals surface area contributed by atoms with Crippen molar-refractivity contribution in [3.8, 4) is 0 Å². The van der Waals surface area contributed by atoms with Gasteiger partial charge in [-0.25, -0.2) is 4.39 Å². The van der Waals surface area contributed by atoms with E-state index in [4.69, 9.17) is 11.6 Å². The Labute approximate surface area is 115 Å². The maximum Gasteiger partial charge on any atom is 0.125 e. The van der Waals surface area contributed by atoms with Gasteiger partial charge in [-0.15, -0.1) is 0 Å². The van der Waals surface area contributed by atoms with Crippen molar-refractivity contribution >= 4 is 11.6 Å². The van der Waals surface area contributed by atoms with Gasteiger partial charge in [0.2, 0.25) is 0 Å². The molecule has 0 aliphatic rings. The van der Waals surface area contributed by atoms with E-state index in [2.05, 4.69) is 33.0 Å². The van der Waals surface area contributed by atoms with Gasteiger partial charge in [-0.05, 0) is 48.1 Å². The summed E-state index contributed by atoms with van der Waals surface area (Å²) in [6, 6.07) is 4.66. The summed E-state index contributed by atoms with van der Waals surface area (Å²) >= 11 is 5.82. The molecule has 0 atom stereocenters. The van der Waals surface area contributed by atoms with Crippen LogP contribution in [0.15, 0.2) is 18.2 Å². The SMILES string of the molecule is CC(C)C(CNCc1cc(F)cc(Cl)c1)C(C)C. The minimum atomic E-state index is -0.274. The first-order valence-electron chi connectivity index (χ1n) is 6.55. The quantitative estimate of drug-likeness (QED) is 0.803. The fourth-order valence-corrected chi connectivity index (χ4v) is 2.58. The van der Waals surface area contributed by atoms with E-state index in [1.807, 2.05) is 0 Å². The molecule has 1 aromatic rings. The summed E-state index contributed by atoms with van der Waals surface area (Å²) in [7, 11) is 0. The van der Waals surface area contributed by atoms with Crippen LogP contribution in [0.5, 0.6) is 0 Å². The van der Waals surface area contributed by atoms with E-state index >= 15 is 0 Å². The summed E-state index contributed by atoms with van der Waals surface area (Å²) in [6.45, 7) is 10.6. The molecule has 3 heteroatoms. The van der Waals surface area contributed by atoms with Crippen molar-refractivity contribution in [1.82, 2.24) is 5.32 Å². The van der Waals surface area contributed by atoms with E-state index in [9.17, 15) is 4.39 Å². The van der Waals surface area contributed by atoms with Crippen LogP contribution in [-0.4, -0.2) is 6.54 Å². The summed E-state index contributed by atoms with van der Waals surface area (Å²) in [4.78, 5) is 0. The molecule has 0 amide bonds. The van der Waals surface area contributed by atoms with Crippen molar-refractivity contribution in [3.05, 3.63) is 34.6 Å². The van der Waals surface area contributed by atoms with Gasteiger partial charge >= 0.3 is 0 Å². The van der Waals surface area contributed by atoms with Crippen LogP contribution >= 0.6 is 11.6 Å². The van der Waals surface area contributed by atoms with Crippen LogP contribution in [-0.2, 0) is 6.54 Å². The first-order chi connectivity index (χ1) is 8.40. The van der Waals surface area contributed by atoms with Crippen LogP contribution in [0.3, 0.4) is 0 Å². The zero-order valence-electron chi connectivity index (χ0n) is 11.6. The third kappa shape index (κ3) is 4.95. The molecule has 0 saturated carbocycles. The number of benzene rings is 1. The Kier molecular flexibility index (Phi) is 6.10. The number of hydrogen-bond acceptors (Lipinski definition) is 1. The van der Waals surface area contributed by atoms with Gasteiger partial charge in [0, 0.05) is 11.6 Å². The van der Waals surface area contributed by atoms with Gasteiger partial charge in [0.1, 0.15) is 5.82 Å². The molecule has 0 aliphatic carbocycles. The van der Waals surface area contributed by atoms with Crippen molar-refractivity contribution in [2.45, 2.75) is 34.2 Å². The van der Waals surface area contributed by atoms with Crippen molar-refractivity contribution in [2.75, 3.05) is 6.54 Å². The minimum Gasteiger partial charge on any atom is -0.312 e. The van der Waals surface area contributed by atoms with E-state index in [1.165, 1.54) is 12.1 Å². The second-order valence-electron chi connectivity index (χ2n) is 5.56. The standard InChI is InChI=1S/C15H23ClFN/c1-10(2)15(11(3)4)9-18-8-12-5-13(16)7-14(17)6-12/h5-7,10-11,15,18H,8-9H2,1-4H3. The average molecular weight is 272 g/mol. The summed E-state index contributed by atoms with van der Waals surface area (Å²) in [6.07, 6.45) is 0. The van der Waals surface area contributed by atoms with Gasteiger partial charge in [0.15, 0.2) is 0 Å². The smallest absolute Gasteiger partial charge is 0.125 e. The molecule has 18 heavy (non-hydrogen) atoms. The Morgan fingerprint density at radius 1 is 1.11 bits per heavy atom. The lowest BCUT2D eigenvalue weighted by molar-refractivity contribution is 0.275. The molecular formula is C15H23ClFN. The molecule has 0 aliphatic heterocycles. The highest BCUT2D eigenvalue weighted by atomic mass is 35.5. The number of halogens is 2. The molecular weight excluding hydrogens is 249 g/mol. The van der Waals surface area contributed by atoms with Crippen LogP contribution < -0.4 is 5.32 Å². The summed E-state index contributed by atoms with van der Waals surface area (Å²) in [5.74, 6) is 1.65. The lowest BCUT2D eigenvalue weighted by Crippen LogP contribution is -2.29. The molecule has 0 radical (unpaired) electrons. The van der Waals surface area contributed by atoms with Crippen LogP contribution in [0.2, 0.25) is 5.02 Å². The maximum atomic E-state index is 13.2. The lowest BCUT2D eigenvalue weighted by atomic mass is 9.85. The van der Waals surface area contributed by atoms with Gasteiger partial charge in [0.05, 0.1) is 0 Å². The molecule has 1 aromatic carbocycles. The molecule has 0 fully saturated rings. The van der Waals surface area contributed by atoms with E-state index in [0.717, 1.165) is 12.1 Å². The van der Waals surface area contributed by atoms with E-state index in [-0.39, 0.29) is 5.82 Å². The Bertz CT molecular complexity index is 349. The van der Waals surface area contributed by atoms with Gasteiger partial charge in [-0.1, -0.05) is 39.3 Å². The van der Waals surface area contributed by atoms with Crippen LogP contribution in [0.1, 0.15) is 33.3 Å². The Morgan fingerprint density at radius 3 is 2.22 bits per heavy atom. The maximum absolute atomic E-state index is 13.2. The van der Waals surface area contributed by atoms with Crippen molar-refractivity contribution in [2.24, 2.45) is 17.8 Å². The average Bonchev–Trinajstić information content (AvgIpc) is 2.21. The minimum absolute atomic E-state index is 0.274. The highest BCUT2D eigenvalue weighted by Gasteiger charge is 2.16. The molecule has 1 N–H and O–H groups in total. The zero-order valence-corrected chi connectivity index (χ0v) is 12.4. The number of rotatable bonds is 6. The second-order valence-corrected chi connectivity index (χ2v) is 6.00. The molecule has 1 rings (SSSR count). The second kappa shape index (κ2) is 7.10. The van der Waals surface area contributed by atoms with Gasteiger partial charge < -0.3 is 5.32 Å². The van der Waals surface area contributed by atoms with Crippen LogP contribution in [0.25, 0.3) is 0 Å². The van der Waals surface area contributed by atoms with E-state index in [1.54, 1.807) is 6.07 Å². The first-order valence-corrected chi connectivity index (χ1v) is 6.93. The molecule has 102 valence electrons. The number of nitrogens with one attached hydrogen (secondary N) is 1. The molecule has 0 heterocycles. The topological polar surface area (TPSA) is 12.0 Å². The molecule has 0 saturated heterocycles. The van der Waals surface area contributed by atoms with Gasteiger partial charge in [-0.2, -0.15) is 0 Å². The molecule has 0 aromatic heterocycles. The Morgan fingerprint density at radius 2 is 1.72 bits per heavy atom. The Balaban J connectivity index is 2.50. The summed E-state index contributed by atoms with van der Waals surface area (Å²) in [5.41, 5.74) is 0.895. The molecule has 1 nitrogen and oxygen atoms in total. The zero-order chi connectivity index (χ0) is 13.7. The van der Waals surface area contributed by atoms with Gasteiger partial charge in [-0.3, -0.25) is 0 Å². The third-order valence-corrected chi connectivity index (χ3v) is 3.56. The molecule has 0 spiro atoms. The van der Waals surface area contributed by atoms with Gasteiger partial charge in [0.25, 0.3) is 0 Å². The van der Waals surface area contributed by atoms with Crippen molar-refractivity contribution in [1.29, 1.82) is 0 Å². The van der Waals surface area contributed by atoms with E-state index in [0.29, 0.717) is 29.3 Å². The summed E-state index contributed by atoms with van der Waals surface area (Å²) < 4.78 is 13.2. The highest BCUT2D eigenvalue weighted by molar-refractivity contribution is 6.30. The largest absolute Gasteiger partial charge is 0.312 e. The lowest BCUT2D eigenvalue weighted by Gasteiger charge is -2.25. The van der Waals surface area contributed by atoms with Crippen LogP contribution in [0.4, 0.5) is 4.39 Å². The Hall–Kier alpha value is -0.600. The highest BCUT2D eigenvalue weighted by Crippen LogP contribution is 2.20. The van der Waals surface area contributed by atoms with Crippen LogP contribution in [0, 0.1) is 23.6 Å². The van der Waals surface area contributed by atoms with Crippen molar-refractivity contribution in [3.63, 3.8) is 0 Å². The third-order valence-electron chi connectivity index (χ3n) is 3.34. The number of hydrogen-bond donors (Lipinski definition) is 1. The van der Waals surface area contributed by atoms with Crippen molar-refractivity contribution < 1.29 is 4.39 Å². The molecule has 0 unspecified atom stereocenters.